The van der Waals surface area contributed by atoms with Crippen molar-refractivity contribution in [3.8, 4) is 0 Å². The number of rotatable bonds is 7. The zero-order chi connectivity index (χ0) is 63.6. The van der Waals surface area contributed by atoms with Gasteiger partial charge in [-0.05, 0) is 156 Å². The number of amides is 1. The summed E-state index contributed by atoms with van der Waals surface area (Å²) >= 11 is 0. The second kappa shape index (κ2) is 44.0. The summed E-state index contributed by atoms with van der Waals surface area (Å²) in [7, 11) is 0. The molecule has 15 rings (SSSR count). The van der Waals surface area contributed by atoms with E-state index in [2.05, 4.69) is 270 Å². The van der Waals surface area contributed by atoms with Gasteiger partial charge in [-0.25, -0.2) is 15.0 Å². The fourth-order valence-corrected chi connectivity index (χ4v) is 11.0. The highest BCUT2D eigenvalue weighted by Crippen LogP contribution is 2.26. The van der Waals surface area contributed by atoms with Gasteiger partial charge in [0.25, 0.3) is 0 Å². The van der Waals surface area contributed by atoms with Gasteiger partial charge in [0.1, 0.15) is 17.5 Å². The SMILES string of the molecule is C.C.C.C.C.C.C.CC(C)c1ccc2ccccc2c1.CC1Cc2ccccc2C1.CCNC(C)=O.CCc1c[nH]c2ccccc12.CCc1cccc2ccccc12.CCc1nc2ccccc2[nH]1.Cc1nc2ccccc2[nH]1.Cc1nc2ccccc2n1Cc1ccccc1. The molecule has 1 amide bonds. The predicted octanol–water partition coefficient (Wildman–Crippen LogP) is 24.5. The normalized spacial score (nSPS) is 10.4. The third kappa shape index (κ3) is 25.0. The second-order valence-corrected chi connectivity index (χ2v) is 22.9. The molecule has 4 aromatic heterocycles. The van der Waals surface area contributed by atoms with Gasteiger partial charge in [0.05, 0.1) is 33.1 Å². The smallest absolute Gasteiger partial charge is 0.216 e. The van der Waals surface area contributed by atoms with E-state index >= 15 is 0 Å². The maximum Gasteiger partial charge on any atom is 0.216 e. The molecule has 10 aromatic carbocycles. The molecule has 9 nitrogen and oxygen atoms in total. The van der Waals surface area contributed by atoms with Crippen LogP contribution in [0.25, 0.3) is 65.5 Å². The fourth-order valence-electron chi connectivity index (χ4n) is 11.0. The molecule has 4 N–H and O–H groups in total. The minimum absolute atomic E-state index is 0. The molecule has 0 spiro atoms. The number of para-hydroxylation sites is 7. The number of benzene rings is 10. The molecular formula is C88H118N8O. The first-order valence-electron chi connectivity index (χ1n) is 32.0. The van der Waals surface area contributed by atoms with E-state index in [0.717, 1.165) is 83.3 Å². The van der Waals surface area contributed by atoms with Crippen molar-refractivity contribution >= 4 is 71.5 Å². The number of carbonyl (C=O) groups is 1. The van der Waals surface area contributed by atoms with E-state index in [-0.39, 0.29) is 57.9 Å². The Labute approximate surface area is 584 Å². The van der Waals surface area contributed by atoms with Crippen molar-refractivity contribution in [3.63, 3.8) is 0 Å². The van der Waals surface area contributed by atoms with Crippen LogP contribution in [0, 0.1) is 19.8 Å². The van der Waals surface area contributed by atoms with Gasteiger partial charge < -0.3 is 24.8 Å². The molecule has 516 valence electrons. The Morgan fingerprint density at radius 3 is 1.57 bits per heavy atom. The quantitative estimate of drug-likeness (QED) is 0.127. The number of aryl methyl sites for hydroxylation is 5. The van der Waals surface area contributed by atoms with Crippen LogP contribution in [0.4, 0.5) is 0 Å². The molecule has 0 atom stereocenters. The number of aromatic amines is 3. The number of fused-ring (bicyclic) bond motifs is 7. The third-order valence-corrected chi connectivity index (χ3v) is 15.7. The van der Waals surface area contributed by atoms with Crippen LogP contribution in [0.2, 0.25) is 0 Å². The maximum atomic E-state index is 9.93. The van der Waals surface area contributed by atoms with Crippen LogP contribution in [-0.2, 0) is 43.4 Å². The van der Waals surface area contributed by atoms with Crippen LogP contribution >= 0.6 is 0 Å². The van der Waals surface area contributed by atoms with Gasteiger partial charge in [-0.1, -0.05) is 288 Å². The molecule has 9 heteroatoms. The zero-order valence-electron chi connectivity index (χ0n) is 54.4. The molecule has 97 heavy (non-hydrogen) atoms. The van der Waals surface area contributed by atoms with Gasteiger partial charge >= 0.3 is 0 Å². The minimum atomic E-state index is 0. The zero-order valence-corrected chi connectivity index (χ0v) is 54.4. The van der Waals surface area contributed by atoms with Crippen molar-refractivity contribution in [2.45, 2.75) is 166 Å². The van der Waals surface area contributed by atoms with Crippen LogP contribution in [-0.4, -0.2) is 46.9 Å². The van der Waals surface area contributed by atoms with E-state index in [4.69, 9.17) is 0 Å². The number of nitrogens with one attached hydrogen (secondary N) is 4. The summed E-state index contributed by atoms with van der Waals surface area (Å²) < 4.78 is 2.25. The van der Waals surface area contributed by atoms with Crippen molar-refractivity contribution in [3.05, 3.63) is 294 Å². The summed E-state index contributed by atoms with van der Waals surface area (Å²) in [6.07, 6.45) is 7.84. The Hall–Kier alpha value is -9.86. The van der Waals surface area contributed by atoms with Crippen LogP contribution in [0.3, 0.4) is 0 Å². The monoisotopic (exact) mass is 1300 g/mol. The van der Waals surface area contributed by atoms with E-state index in [0.29, 0.717) is 5.92 Å². The Morgan fingerprint density at radius 2 is 1.00 bits per heavy atom. The first-order chi connectivity index (χ1) is 43.8. The highest BCUT2D eigenvalue weighted by Gasteiger charge is 2.16. The van der Waals surface area contributed by atoms with E-state index in [1.807, 2.05) is 74.5 Å². The Kier molecular flexibility index (Phi) is 38.6. The van der Waals surface area contributed by atoms with Gasteiger partial charge in [-0.15, -0.1) is 0 Å². The van der Waals surface area contributed by atoms with Crippen LogP contribution in [0.1, 0.15) is 164 Å². The van der Waals surface area contributed by atoms with Crippen molar-refractivity contribution in [1.29, 1.82) is 0 Å². The van der Waals surface area contributed by atoms with E-state index in [1.165, 1.54) is 80.0 Å². The molecule has 0 unspecified atom stereocenters. The molecule has 0 fully saturated rings. The molecule has 1 aliphatic rings. The molecule has 0 saturated heterocycles. The summed E-state index contributed by atoms with van der Waals surface area (Å²) in [5.41, 5.74) is 16.5. The molecule has 0 bridgehead atoms. The topological polar surface area (TPSA) is 120 Å². The lowest BCUT2D eigenvalue weighted by atomic mass is 9.99. The highest BCUT2D eigenvalue weighted by molar-refractivity contribution is 5.86. The first kappa shape index (κ1) is 85.2. The summed E-state index contributed by atoms with van der Waals surface area (Å²) in [6, 6.07) is 82.2. The Balaban J connectivity index is 0.000000555. The van der Waals surface area contributed by atoms with Crippen LogP contribution < -0.4 is 5.32 Å². The van der Waals surface area contributed by atoms with E-state index in [1.54, 1.807) is 11.1 Å². The molecule has 14 aromatic rings. The van der Waals surface area contributed by atoms with Crippen molar-refractivity contribution in [2.75, 3.05) is 6.54 Å². The lowest BCUT2D eigenvalue weighted by molar-refractivity contribution is -0.118. The highest BCUT2D eigenvalue weighted by atomic mass is 16.1. The van der Waals surface area contributed by atoms with Gasteiger partial charge in [-0.2, -0.15) is 0 Å². The number of carbonyl (C=O) groups excluding carboxylic acids is 1. The number of nitrogens with zero attached hydrogens (tertiary/aromatic N) is 4. The average molecular weight is 1300 g/mol. The minimum Gasteiger partial charge on any atom is -0.361 e. The van der Waals surface area contributed by atoms with E-state index < -0.39 is 0 Å². The standard InChI is InChI=1S/C15H14N2.C13H14.C12H12.C10H11N.C10H12.C9H10N2.C8H8N2.C4H9NO.7CH4/c1-12-16-14-9-5-6-10-15(14)17(12)11-13-7-3-2-4-8-13;1-10(2)12-8-7-11-5-3-4-6-13(11)9-12;1-2-10-7-5-8-11-6-3-4-9-12(10)11;1-2-8-7-11-10-6-4-3-5-9(8)10;1-8-6-9-4-2-3-5-10(9)7-8;1-2-9-10-7-5-3-4-6-8(7)11-9;1-6-9-7-4-2-3-5-8(7)10-6;1-3-5-4(2)6;;;;;;;/h2-10H,11H2,1H3;3-10H,1-2H3;3-9H,2H2,1H3;3-7,11H,2H2,1H3;2-5,8H,6-7H2,1H3;3-6H,2H2,1H3,(H,10,11);2-5H,1H3,(H,9,10);3H2,1-2H3,(H,5,6);7*1H4. The van der Waals surface area contributed by atoms with Gasteiger partial charge in [0, 0.05) is 43.5 Å². The van der Waals surface area contributed by atoms with Gasteiger partial charge in [-0.3, -0.25) is 4.79 Å². The Morgan fingerprint density at radius 1 is 0.495 bits per heavy atom. The molecular weight excluding hydrogens is 1190 g/mol. The van der Waals surface area contributed by atoms with Crippen molar-refractivity contribution in [1.82, 2.24) is 39.8 Å². The lowest BCUT2D eigenvalue weighted by Gasteiger charge is -2.06. The molecule has 1 aliphatic carbocycles. The number of H-pyrrole nitrogens is 3. The molecule has 0 saturated carbocycles. The summed E-state index contributed by atoms with van der Waals surface area (Å²) in [5, 5.41) is 9.33. The molecule has 0 aliphatic heterocycles. The van der Waals surface area contributed by atoms with E-state index in [9.17, 15) is 4.79 Å². The maximum absolute atomic E-state index is 9.93. The largest absolute Gasteiger partial charge is 0.361 e. The average Bonchev–Trinajstić information content (AvgIpc) is 1.74. The number of aromatic nitrogens is 7. The summed E-state index contributed by atoms with van der Waals surface area (Å²) in [4.78, 5) is 32.8. The Bertz CT molecular complexity index is 4350. The van der Waals surface area contributed by atoms with Gasteiger partial charge in [0.15, 0.2) is 0 Å². The third-order valence-electron chi connectivity index (χ3n) is 15.7. The van der Waals surface area contributed by atoms with Crippen LogP contribution in [0.15, 0.2) is 243 Å². The summed E-state index contributed by atoms with van der Waals surface area (Å²) in [6.45, 7) is 22.3. The number of imidazole rings is 3. The second-order valence-electron chi connectivity index (χ2n) is 22.9. The van der Waals surface area contributed by atoms with Crippen LogP contribution in [0.5, 0.6) is 0 Å². The number of hydrogen-bond donors (Lipinski definition) is 4. The molecule has 4 heterocycles. The fraction of sp³-hybridized carbons (Fsp3) is 0.295. The lowest BCUT2D eigenvalue weighted by Crippen LogP contribution is -2.18. The number of hydrogen-bond acceptors (Lipinski definition) is 4. The van der Waals surface area contributed by atoms with Crippen molar-refractivity contribution < 1.29 is 4.79 Å². The van der Waals surface area contributed by atoms with Gasteiger partial charge in [0.2, 0.25) is 5.91 Å². The van der Waals surface area contributed by atoms with Crippen molar-refractivity contribution in [2.24, 2.45) is 5.92 Å². The predicted molar refractivity (Wildman–Crippen MR) is 430 cm³/mol. The summed E-state index contributed by atoms with van der Waals surface area (Å²) in [5.74, 6) is 4.63. The first-order valence-corrected chi connectivity index (χ1v) is 32.0. The molecule has 0 radical (unpaired) electrons.